The van der Waals surface area contributed by atoms with E-state index in [1.54, 1.807) is 10.9 Å². The number of hydrogen-bond acceptors (Lipinski definition) is 5. The molecule has 2 aromatic rings. The summed E-state index contributed by atoms with van der Waals surface area (Å²) in [5.74, 6) is 0.698. The Kier molecular flexibility index (Phi) is 8.31. The maximum Gasteiger partial charge on any atom is 0.239 e. The van der Waals surface area contributed by atoms with Crippen LogP contribution in [0.3, 0.4) is 0 Å². The van der Waals surface area contributed by atoms with Crippen molar-refractivity contribution in [1.82, 2.24) is 25.0 Å². The van der Waals surface area contributed by atoms with Crippen molar-refractivity contribution in [3.63, 3.8) is 0 Å². The Labute approximate surface area is 160 Å². The van der Waals surface area contributed by atoms with E-state index in [9.17, 15) is 4.79 Å². The van der Waals surface area contributed by atoms with E-state index in [0.29, 0.717) is 6.54 Å². The van der Waals surface area contributed by atoms with Crippen LogP contribution in [0.1, 0.15) is 17.3 Å². The lowest BCUT2D eigenvalue weighted by atomic mass is 10.1. The van der Waals surface area contributed by atoms with Crippen LogP contribution >= 0.6 is 24.8 Å². The zero-order chi connectivity index (χ0) is 16.2. The summed E-state index contributed by atoms with van der Waals surface area (Å²) in [6.07, 6.45) is 3.63. The number of halogens is 2. The van der Waals surface area contributed by atoms with Crippen LogP contribution < -0.4 is 10.6 Å². The quantitative estimate of drug-likeness (QED) is 0.833. The molecule has 0 saturated carbocycles. The number of nitrogens with zero attached hydrogens (tertiary/aromatic N) is 4. The van der Waals surface area contributed by atoms with Gasteiger partial charge in [0.2, 0.25) is 5.91 Å². The Balaban J connectivity index is 0.00000156. The summed E-state index contributed by atoms with van der Waals surface area (Å²) in [4.78, 5) is 18.8. The predicted molar refractivity (Wildman–Crippen MR) is 102 cm³/mol. The molecule has 1 atom stereocenters. The van der Waals surface area contributed by atoms with Gasteiger partial charge in [-0.05, 0) is 18.6 Å². The van der Waals surface area contributed by atoms with Gasteiger partial charge in [-0.1, -0.05) is 6.07 Å². The fourth-order valence-electron chi connectivity index (χ4n) is 2.93. The van der Waals surface area contributed by atoms with Gasteiger partial charge in [-0.15, -0.1) is 24.8 Å². The van der Waals surface area contributed by atoms with Gasteiger partial charge < -0.3 is 10.6 Å². The van der Waals surface area contributed by atoms with Crippen LogP contribution in [0.25, 0.3) is 0 Å². The van der Waals surface area contributed by atoms with Gasteiger partial charge in [0.15, 0.2) is 0 Å². The molecule has 7 nitrogen and oxygen atoms in total. The largest absolute Gasteiger partial charge is 0.314 e. The number of rotatable bonds is 4. The van der Waals surface area contributed by atoms with E-state index in [1.165, 1.54) is 0 Å². The first-order valence-electron chi connectivity index (χ1n) is 7.78. The lowest BCUT2D eigenvalue weighted by molar-refractivity contribution is -0.118. The van der Waals surface area contributed by atoms with E-state index in [2.05, 4.69) is 31.7 Å². The third-order valence-electron chi connectivity index (χ3n) is 4.04. The van der Waals surface area contributed by atoms with Crippen molar-refractivity contribution in [2.75, 3.05) is 31.5 Å². The number of amides is 1. The molecule has 25 heavy (non-hydrogen) atoms. The predicted octanol–water partition coefficient (Wildman–Crippen LogP) is 1.55. The van der Waals surface area contributed by atoms with Crippen molar-refractivity contribution in [2.45, 2.75) is 13.0 Å². The smallest absolute Gasteiger partial charge is 0.239 e. The topological polar surface area (TPSA) is 75.1 Å². The van der Waals surface area contributed by atoms with E-state index in [4.69, 9.17) is 0 Å². The molecule has 0 bridgehead atoms. The SMILES string of the molecule is Cc1cc(NC(=O)CN2CCNCC2c2cccnc2)n(C)n1.Cl.Cl. The van der Waals surface area contributed by atoms with Crippen LogP contribution in [0.15, 0.2) is 30.6 Å². The molecule has 1 unspecified atom stereocenters. The molecule has 3 rings (SSSR count). The molecule has 2 N–H and O–H groups in total. The summed E-state index contributed by atoms with van der Waals surface area (Å²) < 4.78 is 1.68. The van der Waals surface area contributed by atoms with E-state index in [1.807, 2.05) is 32.3 Å². The minimum Gasteiger partial charge on any atom is -0.314 e. The normalized spacial score (nSPS) is 17.3. The van der Waals surface area contributed by atoms with Crippen LogP contribution in [0.2, 0.25) is 0 Å². The Morgan fingerprint density at radius 3 is 2.88 bits per heavy atom. The molecular formula is C16H24Cl2N6O. The van der Waals surface area contributed by atoms with E-state index in [0.717, 1.165) is 36.7 Å². The summed E-state index contributed by atoms with van der Waals surface area (Å²) in [5, 5.41) is 10.6. The second kappa shape index (κ2) is 9.72. The summed E-state index contributed by atoms with van der Waals surface area (Å²) in [5.41, 5.74) is 2.02. The molecule has 0 radical (unpaired) electrons. The average molecular weight is 387 g/mol. The first-order chi connectivity index (χ1) is 11.1. The number of hydrogen-bond donors (Lipinski definition) is 2. The van der Waals surface area contributed by atoms with Gasteiger partial charge >= 0.3 is 0 Å². The summed E-state index contributed by atoms with van der Waals surface area (Å²) >= 11 is 0. The van der Waals surface area contributed by atoms with Crippen molar-refractivity contribution in [3.05, 3.63) is 41.9 Å². The minimum atomic E-state index is -0.0243. The molecule has 1 amide bonds. The highest BCUT2D eigenvalue weighted by Gasteiger charge is 2.25. The van der Waals surface area contributed by atoms with Crippen molar-refractivity contribution in [1.29, 1.82) is 0 Å². The zero-order valence-electron chi connectivity index (χ0n) is 14.3. The molecule has 9 heteroatoms. The van der Waals surface area contributed by atoms with E-state index < -0.39 is 0 Å². The number of carbonyl (C=O) groups excluding carboxylic acids is 1. The number of carbonyl (C=O) groups is 1. The number of anilines is 1. The molecule has 1 saturated heterocycles. The standard InChI is InChI=1S/C16H22N6O.2ClH/c1-12-8-15(21(2)20-12)19-16(23)11-22-7-6-18-10-14(22)13-4-3-5-17-9-13;;/h3-5,8-9,14,18H,6-7,10-11H2,1-2H3,(H,19,23);2*1H. The van der Waals surface area contributed by atoms with Crippen molar-refractivity contribution < 1.29 is 4.79 Å². The highest BCUT2D eigenvalue weighted by molar-refractivity contribution is 5.91. The summed E-state index contributed by atoms with van der Waals surface area (Å²) in [6, 6.07) is 6.02. The number of nitrogens with one attached hydrogen (secondary N) is 2. The zero-order valence-corrected chi connectivity index (χ0v) is 15.9. The number of pyridine rings is 1. The molecule has 0 aliphatic carbocycles. The second-order valence-electron chi connectivity index (χ2n) is 5.82. The Bertz CT molecular complexity index is 679. The number of aromatic nitrogens is 3. The lowest BCUT2D eigenvalue weighted by Gasteiger charge is -2.35. The maximum absolute atomic E-state index is 12.4. The molecule has 1 aliphatic rings. The fraction of sp³-hybridized carbons (Fsp3) is 0.438. The van der Waals surface area contributed by atoms with Crippen molar-refractivity contribution in [3.8, 4) is 0 Å². The van der Waals surface area contributed by atoms with Crippen LogP contribution in [-0.2, 0) is 11.8 Å². The first kappa shape index (κ1) is 21.4. The molecule has 1 fully saturated rings. The van der Waals surface area contributed by atoms with Gasteiger partial charge in [0.05, 0.1) is 12.2 Å². The molecule has 3 heterocycles. The third kappa shape index (κ3) is 5.40. The lowest BCUT2D eigenvalue weighted by Crippen LogP contribution is -2.48. The second-order valence-corrected chi connectivity index (χ2v) is 5.82. The van der Waals surface area contributed by atoms with Gasteiger partial charge in [-0.2, -0.15) is 5.10 Å². The van der Waals surface area contributed by atoms with Crippen molar-refractivity contribution in [2.24, 2.45) is 7.05 Å². The van der Waals surface area contributed by atoms with Gasteiger partial charge in [-0.25, -0.2) is 0 Å². The van der Waals surface area contributed by atoms with Gasteiger partial charge in [0, 0.05) is 51.2 Å². The summed E-state index contributed by atoms with van der Waals surface area (Å²) in [7, 11) is 1.83. The molecule has 1 aliphatic heterocycles. The molecule has 2 aromatic heterocycles. The minimum absolute atomic E-state index is 0. The highest BCUT2D eigenvalue weighted by Crippen LogP contribution is 2.21. The van der Waals surface area contributed by atoms with Gasteiger partial charge in [0.25, 0.3) is 0 Å². The Morgan fingerprint density at radius 2 is 2.24 bits per heavy atom. The van der Waals surface area contributed by atoms with Crippen LogP contribution in [0, 0.1) is 6.92 Å². The summed E-state index contributed by atoms with van der Waals surface area (Å²) in [6.45, 7) is 4.80. The average Bonchev–Trinajstić information content (AvgIpc) is 2.86. The number of piperazine rings is 1. The van der Waals surface area contributed by atoms with Gasteiger partial charge in [-0.3, -0.25) is 19.4 Å². The van der Waals surface area contributed by atoms with Crippen LogP contribution in [0.5, 0.6) is 0 Å². The highest BCUT2D eigenvalue weighted by atomic mass is 35.5. The number of aryl methyl sites for hydroxylation is 2. The van der Waals surface area contributed by atoms with Gasteiger partial charge in [0.1, 0.15) is 5.82 Å². The van der Waals surface area contributed by atoms with Crippen LogP contribution in [-0.4, -0.2) is 51.8 Å². The molecule has 138 valence electrons. The first-order valence-corrected chi connectivity index (χ1v) is 7.78. The van der Waals surface area contributed by atoms with Crippen molar-refractivity contribution >= 4 is 36.5 Å². The van der Waals surface area contributed by atoms with E-state index >= 15 is 0 Å². The Morgan fingerprint density at radius 1 is 1.44 bits per heavy atom. The molecule has 0 spiro atoms. The maximum atomic E-state index is 12.4. The fourth-order valence-corrected chi connectivity index (χ4v) is 2.93. The molecular weight excluding hydrogens is 363 g/mol. The molecule has 0 aromatic carbocycles. The Hall–Kier alpha value is -1.67. The van der Waals surface area contributed by atoms with Crippen LogP contribution in [0.4, 0.5) is 5.82 Å². The third-order valence-corrected chi connectivity index (χ3v) is 4.04. The monoisotopic (exact) mass is 386 g/mol. The van der Waals surface area contributed by atoms with E-state index in [-0.39, 0.29) is 36.8 Å².